The van der Waals surface area contributed by atoms with Crippen LogP contribution in [0.1, 0.15) is 59.8 Å². The molecule has 23 heavy (non-hydrogen) atoms. The van der Waals surface area contributed by atoms with Gasteiger partial charge in [0.1, 0.15) is 5.00 Å². The molecule has 1 aromatic heterocycles. The van der Waals surface area contributed by atoms with Crippen LogP contribution in [0.2, 0.25) is 0 Å². The maximum Gasteiger partial charge on any atom is 0.254 e. The maximum absolute atomic E-state index is 12.7. The quantitative estimate of drug-likeness (QED) is 0.868. The molecule has 0 unspecified atom stereocenters. The summed E-state index contributed by atoms with van der Waals surface area (Å²) >= 11 is 1.62. The van der Waals surface area contributed by atoms with Gasteiger partial charge in [0.05, 0.1) is 5.56 Å². The van der Waals surface area contributed by atoms with Crippen LogP contribution >= 0.6 is 11.3 Å². The average molecular weight is 332 g/mol. The second-order valence-corrected chi connectivity index (χ2v) is 8.48. The summed E-state index contributed by atoms with van der Waals surface area (Å²) in [5.41, 5.74) is 1.95. The van der Waals surface area contributed by atoms with Crippen LogP contribution < -0.4 is 10.6 Å². The van der Waals surface area contributed by atoms with Crippen molar-refractivity contribution in [2.24, 2.45) is 17.8 Å². The summed E-state index contributed by atoms with van der Waals surface area (Å²) < 4.78 is 0. The molecule has 2 saturated carbocycles. The Labute approximate surface area is 141 Å². The third-order valence-electron chi connectivity index (χ3n) is 5.33. The van der Waals surface area contributed by atoms with Crippen LogP contribution in [0.4, 0.5) is 5.00 Å². The molecule has 2 amide bonds. The summed E-state index contributed by atoms with van der Waals surface area (Å²) in [5.74, 6) is 1.38. The number of aryl methyl sites for hydroxylation is 1. The number of fused-ring (bicyclic) bond motifs is 1. The van der Waals surface area contributed by atoms with Crippen LogP contribution in [0.25, 0.3) is 0 Å². The highest BCUT2D eigenvalue weighted by Crippen LogP contribution is 2.42. The number of amides is 2. The lowest BCUT2D eigenvalue weighted by Crippen LogP contribution is -2.27. The molecule has 4 rings (SSSR count). The largest absolute Gasteiger partial charge is 0.352 e. The molecule has 3 aliphatic carbocycles. The van der Waals surface area contributed by atoms with E-state index in [-0.39, 0.29) is 17.7 Å². The number of hydrogen-bond acceptors (Lipinski definition) is 3. The molecule has 2 N–H and O–H groups in total. The first-order chi connectivity index (χ1) is 11.1. The Balaban J connectivity index is 1.56. The topological polar surface area (TPSA) is 58.2 Å². The number of carbonyl (C=O) groups is 2. The van der Waals surface area contributed by atoms with Crippen molar-refractivity contribution in [1.82, 2.24) is 5.32 Å². The summed E-state index contributed by atoms with van der Waals surface area (Å²) in [5, 5.41) is 6.93. The number of anilines is 1. The standard InChI is InChI=1S/C18H24N2O2S/c1-10-8-13(10)16(21)20-18-15(17(22)19-9-11-6-7-11)12-4-2-3-5-14(12)23-18/h10-11,13H,2-9H2,1H3,(H,19,22)(H,20,21)/t10-,13-/m1/s1. The smallest absolute Gasteiger partial charge is 0.254 e. The zero-order valence-corrected chi connectivity index (χ0v) is 14.4. The summed E-state index contributed by atoms with van der Waals surface area (Å²) in [6, 6.07) is 0. The van der Waals surface area contributed by atoms with Gasteiger partial charge in [-0.15, -0.1) is 11.3 Å². The van der Waals surface area contributed by atoms with Gasteiger partial charge in [-0.1, -0.05) is 6.92 Å². The summed E-state index contributed by atoms with van der Waals surface area (Å²) in [6.45, 7) is 2.88. The van der Waals surface area contributed by atoms with Gasteiger partial charge >= 0.3 is 0 Å². The number of thiophene rings is 1. The van der Waals surface area contributed by atoms with E-state index in [1.165, 1.54) is 29.7 Å². The molecule has 124 valence electrons. The van der Waals surface area contributed by atoms with Crippen LogP contribution in [0, 0.1) is 17.8 Å². The molecule has 0 spiro atoms. The van der Waals surface area contributed by atoms with E-state index in [0.29, 0.717) is 11.8 Å². The van der Waals surface area contributed by atoms with Gasteiger partial charge in [-0.3, -0.25) is 9.59 Å². The van der Waals surface area contributed by atoms with E-state index in [4.69, 9.17) is 0 Å². The fourth-order valence-corrected chi connectivity index (χ4v) is 4.72. The number of carbonyl (C=O) groups excluding carboxylic acids is 2. The second kappa shape index (κ2) is 5.93. The second-order valence-electron chi connectivity index (χ2n) is 7.38. The van der Waals surface area contributed by atoms with Gasteiger partial charge in [-0.05, 0) is 62.3 Å². The molecule has 2 fully saturated rings. The SMILES string of the molecule is C[C@@H]1C[C@H]1C(=O)Nc1sc2c(c1C(=O)NCC1CC1)CCCC2. The summed E-state index contributed by atoms with van der Waals surface area (Å²) in [7, 11) is 0. The highest BCUT2D eigenvalue weighted by molar-refractivity contribution is 7.17. The van der Waals surface area contributed by atoms with Gasteiger partial charge in [0.25, 0.3) is 5.91 Å². The molecule has 2 atom stereocenters. The first-order valence-electron chi connectivity index (χ1n) is 8.87. The minimum Gasteiger partial charge on any atom is -0.352 e. The molecule has 3 aliphatic rings. The van der Waals surface area contributed by atoms with Crippen molar-refractivity contribution in [3.05, 3.63) is 16.0 Å². The predicted molar refractivity (Wildman–Crippen MR) is 91.9 cm³/mol. The minimum atomic E-state index is 0.00967. The van der Waals surface area contributed by atoms with Crippen LogP contribution in [0.15, 0.2) is 0 Å². The zero-order valence-electron chi connectivity index (χ0n) is 13.6. The molecular formula is C18H24N2O2S. The Hall–Kier alpha value is -1.36. The molecule has 0 radical (unpaired) electrons. The normalized spacial score (nSPS) is 25.6. The Morgan fingerprint density at radius 2 is 1.96 bits per heavy atom. The Morgan fingerprint density at radius 3 is 2.65 bits per heavy atom. The number of nitrogens with one attached hydrogen (secondary N) is 2. The van der Waals surface area contributed by atoms with E-state index in [2.05, 4.69) is 17.6 Å². The van der Waals surface area contributed by atoms with Gasteiger partial charge < -0.3 is 10.6 Å². The van der Waals surface area contributed by atoms with E-state index in [9.17, 15) is 9.59 Å². The first-order valence-corrected chi connectivity index (χ1v) is 9.68. The van der Waals surface area contributed by atoms with Crippen molar-refractivity contribution in [3.8, 4) is 0 Å². The maximum atomic E-state index is 12.7. The van der Waals surface area contributed by atoms with Gasteiger partial charge in [-0.25, -0.2) is 0 Å². The van der Waals surface area contributed by atoms with Crippen LogP contribution in [0.3, 0.4) is 0 Å². The molecule has 1 heterocycles. The molecular weight excluding hydrogens is 308 g/mol. The van der Waals surface area contributed by atoms with Crippen molar-refractivity contribution in [2.75, 3.05) is 11.9 Å². The van der Waals surface area contributed by atoms with Crippen molar-refractivity contribution in [1.29, 1.82) is 0 Å². The molecule has 0 aromatic carbocycles. The molecule has 0 aliphatic heterocycles. The van der Waals surface area contributed by atoms with Crippen LogP contribution in [-0.2, 0) is 17.6 Å². The van der Waals surface area contributed by atoms with E-state index in [1.54, 1.807) is 11.3 Å². The van der Waals surface area contributed by atoms with Crippen molar-refractivity contribution in [3.63, 3.8) is 0 Å². The van der Waals surface area contributed by atoms with Gasteiger partial charge in [0.15, 0.2) is 0 Å². The molecule has 1 aromatic rings. The van der Waals surface area contributed by atoms with Gasteiger partial charge in [-0.2, -0.15) is 0 Å². The summed E-state index contributed by atoms with van der Waals surface area (Å²) in [6.07, 6.45) is 7.76. The minimum absolute atomic E-state index is 0.00967. The monoisotopic (exact) mass is 332 g/mol. The zero-order chi connectivity index (χ0) is 16.0. The number of hydrogen-bond donors (Lipinski definition) is 2. The average Bonchev–Trinajstić information content (AvgIpc) is 3.44. The van der Waals surface area contributed by atoms with E-state index < -0.39 is 0 Å². The van der Waals surface area contributed by atoms with Crippen molar-refractivity contribution >= 4 is 28.2 Å². The van der Waals surface area contributed by atoms with Gasteiger partial charge in [0.2, 0.25) is 5.91 Å². The van der Waals surface area contributed by atoms with E-state index in [0.717, 1.165) is 42.8 Å². The fourth-order valence-electron chi connectivity index (χ4n) is 3.43. The fraction of sp³-hybridized carbons (Fsp3) is 0.667. The molecule has 0 bridgehead atoms. The van der Waals surface area contributed by atoms with Crippen molar-refractivity contribution < 1.29 is 9.59 Å². The third kappa shape index (κ3) is 3.16. The lowest BCUT2D eigenvalue weighted by Gasteiger charge is -2.13. The predicted octanol–water partition coefficient (Wildman–Crippen LogP) is 3.36. The third-order valence-corrected chi connectivity index (χ3v) is 6.54. The van der Waals surface area contributed by atoms with E-state index >= 15 is 0 Å². The van der Waals surface area contributed by atoms with Gasteiger partial charge in [0, 0.05) is 17.3 Å². The molecule has 4 nitrogen and oxygen atoms in total. The van der Waals surface area contributed by atoms with E-state index in [1.807, 2.05) is 0 Å². The Bertz CT molecular complexity index is 648. The lowest BCUT2D eigenvalue weighted by molar-refractivity contribution is -0.117. The van der Waals surface area contributed by atoms with Crippen molar-refractivity contribution in [2.45, 2.75) is 51.9 Å². The Morgan fingerprint density at radius 1 is 1.22 bits per heavy atom. The van der Waals surface area contributed by atoms with Crippen LogP contribution in [-0.4, -0.2) is 18.4 Å². The summed E-state index contributed by atoms with van der Waals surface area (Å²) in [4.78, 5) is 26.3. The lowest BCUT2D eigenvalue weighted by atomic mass is 9.95. The molecule has 5 heteroatoms. The number of rotatable bonds is 5. The first kappa shape index (κ1) is 15.2. The Kier molecular flexibility index (Phi) is 3.92. The highest BCUT2D eigenvalue weighted by Gasteiger charge is 2.40. The van der Waals surface area contributed by atoms with Crippen LogP contribution in [0.5, 0.6) is 0 Å². The highest BCUT2D eigenvalue weighted by atomic mass is 32.1. The molecule has 0 saturated heterocycles.